The molecule has 0 bridgehead atoms. The fourth-order valence-corrected chi connectivity index (χ4v) is 2.35. The van der Waals surface area contributed by atoms with Gasteiger partial charge in [-0.3, -0.25) is 4.98 Å². The number of ether oxygens (including phenoxy) is 1. The summed E-state index contributed by atoms with van der Waals surface area (Å²) in [6, 6.07) is 10.6. The molecule has 1 N–H and O–H groups in total. The summed E-state index contributed by atoms with van der Waals surface area (Å²) in [5.41, 5.74) is 1.97. The van der Waals surface area contributed by atoms with Gasteiger partial charge in [0.05, 0.1) is 17.2 Å². The van der Waals surface area contributed by atoms with Gasteiger partial charge in [-0.25, -0.2) is 0 Å². The van der Waals surface area contributed by atoms with Crippen LogP contribution in [0.4, 0.5) is 0 Å². The van der Waals surface area contributed by atoms with Crippen molar-refractivity contribution in [3.05, 3.63) is 42.1 Å². The predicted octanol–water partition coefficient (Wildman–Crippen LogP) is 3.31. The fraction of sp³-hybridized carbons (Fsp3) is 0.438. The molecule has 102 valence electrons. The molecule has 0 saturated carbocycles. The molecular weight excluding hydrogens is 236 g/mol. The summed E-state index contributed by atoms with van der Waals surface area (Å²) in [7, 11) is 1.75. The Balaban J connectivity index is 2.44. The Morgan fingerprint density at radius 3 is 2.79 bits per heavy atom. The molecule has 1 atom stereocenters. The molecule has 1 unspecified atom stereocenters. The molecule has 1 aromatic heterocycles. The molecule has 3 heteroatoms. The predicted molar refractivity (Wildman–Crippen MR) is 79.2 cm³/mol. The van der Waals surface area contributed by atoms with E-state index in [1.54, 1.807) is 7.11 Å². The van der Waals surface area contributed by atoms with E-state index in [1.165, 1.54) is 5.56 Å². The first kappa shape index (κ1) is 14.0. The quantitative estimate of drug-likeness (QED) is 0.893. The fourth-order valence-electron chi connectivity index (χ4n) is 2.35. The van der Waals surface area contributed by atoms with E-state index in [1.807, 2.05) is 12.3 Å². The van der Waals surface area contributed by atoms with E-state index in [-0.39, 0.29) is 11.6 Å². The van der Waals surface area contributed by atoms with Gasteiger partial charge in [0.15, 0.2) is 0 Å². The third kappa shape index (κ3) is 2.94. The van der Waals surface area contributed by atoms with Gasteiger partial charge >= 0.3 is 0 Å². The Morgan fingerprint density at radius 1 is 1.32 bits per heavy atom. The number of rotatable bonds is 5. The van der Waals surface area contributed by atoms with Crippen LogP contribution < -0.4 is 5.32 Å². The number of benzene rings is 1. The number of pyridine rings is 1. The van der Waals surface area contributed by atoms with E-state index in [0.717, 1.165) is 17.4 Å². The molecule has 0 spiro atoms. The second kappa shape index (κ2) is 5.68. The van der Waals surface area contributed by atoms with Crippen molar-refractivity contribution in [2.75, 3.05) is 13.7 Å². The van der Waals surface area contributed by atoms with E-state index >= 15 is 0 Å². The van der Waals surface area contributed by atoms with Crippen LogP contribution in [0.15, 0.2) is 36.5 Å². The number of likely N-dealkylation sites (N-methyl/N-ethyl adjacent to an activating group) is 1. The maximum Gasteiger partial charge on any atom is 0.0816 e. The smallest absolute Gasteiger partial charge is 0.0816 e. The lowest BCUT2D eigenvalue weighted by Crippen LogP contribution is -2.40. The summed E-state index contributed by atoms with van der Waals surface area (Å²) >= 11 is 0. The van der Waals surface area contributed by atoms with Crippen molar-refractivity contribution >= 4 is 10.9 Å². The average Bonchev–Trinajstić information content (AvgIpc) is 2.44. The highest BCUT2D eigenvalue weighted by Crippen LogP contribution is 2.29. The molecule has 1 aromatic carbocycles. The molecule has 0 fully saturated rings. The first-order chi connectivity index (χ1) is 9.08. The van der Waals surface area contributed by atoms with E-state index < -0.39 is 0 Å². The third-order valence-electron chi connectivity index (χ3n) is 3.59. The van der Waals surface area contributed by atoms with E-state index in [4.69, 9.17) is 4.74 Å². The minimum atomic E-state index is -0.265. The number of hydrogen-bond donors (Lipinski definition) is 1. The number of aromatic nitrogens is 1. The Bertz CT molecular complexity index is 551. The summed E-state index contributed by atoms with van der Waals surface area (Å²) < 4.78 is 5.64. The zero-order valence-electron chi connectivity index (χ0n) is 12.1. The van der Waals surface area contributed by atoms with Gasteiger partial charge in [-0.2, -0.15) is 0 Å². The Hall–Kier alpha value is -1.45. The lowest BCUT2D eigenvalue weighted by molar-refractivity contribution is -0.0106. The van der Waals surface area contributed by atoms with Crippen LogP contribution in [0, 0.1) is 0 Å². The van der Waals surface area contributed by atoms with Crippen molar-refractivity contribution < 1.29 is 4.74 Å². The van der Waals surface area contributed by atoms with E-state index in [0.29, 0.717) is 0 Å². The molecule has 2 aromatic rings. The molecule has 0 aliphatic heterocycles. The molecule has 3 nitrogen and oxygen atoms in total. The first-order valence-electron chi connectivity index (χ1n) is 6.71. The molecule has 1 heterocycles. The number of fused-ring (bicyclic) bond motifs is 1. The van der Waals surface area contributed by atoms with Crippen molar-refractivity contribution in [3.63, 3.8) is 0 Å². The van der Waals surface area contributed by atoms with Gasteiger partial charge in [0.25, 0.3) is 0 Å². The minimum absolute atomic E-state index is 0.147. The second-order valence-electron chi connectivity index (χ2n) is 5.25. The Morgan fingerprint density at radius 2 is 2.11 bits per heavy atom. The van der Waals surface area contributed by atoms with Crippen molar-refractivity contribution in [3.8, 4) is 0 Å². The zero-order chi connectivity index (χ0) is 13.9. The van der Waals surface area contributed by atoms with Crippen molar-refractivity contribution in [1.29, 1.82) is 0 Å². The molecule has 2 rings (SSSR count). The zero-order valence-corrected chi connectivity index (χ0v) is 12.1. The Kier molecular flexibility index (Phi) is 4.17. The third-order valence-corrected chi connectivity index (χ3v) is 3.59. The van der Waals surface area contributed by atoms with Crippen LogP contribution in [0.5, 0.6) is 0 Å². The van der Waals surface area contributed by atoms with E-state index in [9.17, 15) is 0 Å². The van der Waals surface area contributed by atoms with Crippen molar-refractivity contribution in [2.24, 2.45) is 0 Å². The minimum Gasteiger partial charge on any atom is -0.377 e. The molecular formula is C16H22N2O. The van der Waals surface area contributed by atoms with Crippen LogP contribution in [-0.2, 0) is 4.74 Å². The maximum absolute atomic E-state index is 5.64. The van der Waals surface area contributed by atoms with Crippen LogP contribution in [0.25, 0.3) is 10.9 Å². The highest BCUT2D eigenvalue weighted by atomic mass is 16.5. The number of nitrogens with one attached hydrogen (secondary N) is 1. The average molecular weight is 258 g/mol. The SMILES string of the molecule is CCNC(c1ccc2cccnc2c1)C(C)(C)OC. The topological polar surface area (TPSA) is 34.2 Å². The maximum atomic E-state index is 5.64. The number of hydrogen-bond acceptors (Lipinski definition) is 3. The highest BCUT2D eigenvalue weighted by Gasteiger charge is 2.30. The first-order valence-corrected chi connectivity index (χ1v) is 6.71. The number of nitrogens with zero attached hydrogens (tertiary/aromatic N) is 1. The monoisotopic (exact) mass is 258 g/mol. The highest BCUT2D eigenvalue weighted by molar-refractivity contribution is 5.79. The molecule has 0 aliphatic rings. The lowest BCUT2D eigenvalue weighted by atomic mass is 9.91. The van der Waals surface area contributed by atoms with Gasteiger partial charge in [0, 0.05) is 18.7 Å². The summed E-state index contributed by atoms with van der Waals surface area (Å²) in [6.45, 7) is 7.21. The molecule has 0 saturated heterocycles. The standard InChI is InChI=1S/C16H22N2O/c1-5-17-15(16(2,3)19-4)13-9-8-12-7-6-10-18-14(12)11-13/h6-11,15,17H,5H2,1-4H3. The van der Waals surface area contributed by atoms with E-state index in [2.05, 4.69) is 55.3 Å². The molecule has 0 aliphatic carbocycles. The number of methoxy groups -OCH3 is 1. The van der Waals surface area contributed by atoms with Gasteiger partial charge in [0.1, 0.15) is 0 Å². The second-order valence-corrected chi connectivity index (χ2v) is 5.25. The molecule has 19 heavy (non-hydrogen) atoms. The summed E-state index contributed by atoms with van der Waals surface area (Å²) in [5.74, 6) is 0. The normalized spacial score (nSPS) is 13.7. The lowest BCUT2D eigenvalue weighted by Gasteiger charge is -2.34. The molecule has 0 amide bonds. The van der Waals surface area contributed by atoms with Gasteiger partial charge in [0.2, 0.25) is 0 Å². The van der Waals surface area contributed by atoms with Gasteiger partial charge in [-0.05, 0) is 38.1 Å². The summed E-state index contributed by atoms with van der Waals surface area (Å²) in [4.78, 5) is 4.42. The van der Waals surface area contributed by atoms with Crippen LogP contribution in [0.2, 0.25) is 0 Å². The summed E-state index contributed by atoms with van der Waals surface area (Å²) in [5, 5.41) is 4.67. The van der Waals surface area contributed by atoms with Crippen molar-refractivity contribution in [2.45, 2.75) is 32.4 Å². The van der Waals surface area contributed by atoms with Crippen LogP contribution in [0.1, 0.15) is 32.4 Å². The van der Waals surface area contributed by atoms with Gasteiger partial charge < -0.3 is 10.1 Å². The summed E-state index contributed by atoms with van der Waals surface area (Å²) in [6.07, 6.45) is 1.83. The van der Waals surface area contributed by atoms with Crippen LogP contribution in [-0.4, -0.2) is 24.2 Å². The van der Waals surface area contributed by atoms with Gasteiger partial charge in [-0.1, -0.05) is 25.1 Å². The van der Waals surface area contributed by atoms with Crippen LogP contribution >= 0.6 is 0 Å². The largest absolute Gasteiger partial charge is 0.377 e. The van der Waals surface area contributed by atoms with Crippen molar-refractivity contribution in [1.82, 2.24) is 10.3 Å². The van der Waals surface area contributed by atoms with Crippen LogP contribution in [0.3, 0.4) is 0 Å². The Labute approximate surface area is 115 Å². The van der Waals surface area contributed by atoms with Gasteiger partial charge in [-0.15, -0.1) is 0 Å². The molecule has 0 radical (unpaired) electrons.